The van der Waals surface area contributed by atoms with E-state index in [1.54, 1.807) is 12.0 Å². The summed E-state index contributed by atoms with van der Waals surface area (Å²) < 4.78 is 5.62. The van der Waals surface area contributed by atoms with Gasteiger partial charge in [0.15, 0.2) is 0 Å². The molecule has 0 bridgehead atoms. The van der Waals surface area contributed by atoms with Gasteiger partial charge in [0.25, 0.3) is 5.91 Å². The van der Waals surface area contributed by atoms with Crippen LogP contribution in [-0.4, -0.2) is 60.2 Å². The predicted octanol–water partition coefficient (Wildman–Crippen LogP) is 1.72. The van der Waals surface area contributed by atoms with Crippen molar-refractivity contribution in [3.05, 3.63) is 30.1 Å². The van der Waals surface area contributed by atoms with Crippen molar-refractivity contribution in [2.75, 3.05) is 33.8 Å². The Morgan fingerprint density at radius 1 is 1.33 bits per heavy atom. The van der Waals surface area contributed by atoms with Crippen molar-refractivity contribution in [1.82, 2.24) is 20.2 Å². The minimum absolute atomic E-state index is 0.0936. The molecule has 3 rings (SSSR count). The summed E-state index contributed by atoms with van der Waals surface area (Å²) in [7, 11) is 3.51. The smallest absolute Gasteiger partial charge is 0.254 e. The lowest BCUT2D eigenvalue weighted by atomic mass is 9.90. The zero-order valence-corrected chi connectivity index (χ0v) is 14.5. The first-order valence-electron chi connectivity index (χ1n) is 8.60. The topological polar surface area (TPSA) is 70.2 Å². The minimum Gasteiger partial charge on any atom is -0.368 e. The predicted molar refractivity (Wildman–Crippen MR) is 93.9 cm³/mol. The van der Waals surface area contributed by atoms with Crippen molar-refractivity contribution < 1.29 is 9.53 Å². The van der Waals surface area contributed by atoms with Gasteiger partial charge in [-0.3, -0.25) is 4.79 Å². The minimum atomic E-state index is -0.653. The number of carbonyl (C=O) groups excluding carboxylic acids is 1. The average Bonchev–Trinajstić information content (AvgIpc) is 3.04. The summed E-state index contributed by atoms with van der Waals surface area (Å²) in [5.74, 6) is 1.07. The molecule has 1 aromatic carbocycles. The third-order valence-corrected chi connectivity index (χ3v) is 4.88. The highest BCUT2D eigenvalue weighted by atomic mass is 16.5. The summed E-state index contributed by atoms with van der Waals surface area (Å²) in [6, 6.07) is 8.02. The number of amides is 1. The molecule has 130 valence electrons. The first-order valence-corrected chi connectivity index (χ1v) is 8.60. The number of nitrogens with zero attached hydrogens (tertiary/aromatic N) is 2. The summed E-state index contributed by atoms with van der Waals surface area (Å²) in [5.41, 5.74) is 1.40. The molecule has 0 saturated carbocycles. The number of methoxy groups -OCH3 is 1. The van der Waals surface area contributed by atoms with Crippen LogP contribution in [0.4, 0.5) is 0 Å². The number of nitrogens with one attached hydrogen (secondary N) is 2. The highest BCUT2D eigenvalue weighted by Crippen LogP contribution is 2.25. The molecule has 1 aliphatic heterocycles. The number of hydrogen-bond acceptors (Lipinski definition) is 4. The van der Waals surface area contributed by atoms with Gasteiger partial charge in [-0.05, 0) is 44.5 Å². The Kier molecular flexibility index (Phi) is 5.16. The number of fused-ring (bicyclic) bond motifs is 1. The van der Waals surface area contributed by atoms with Gasteiger partial charge in [0.05, 0.1) is 11.0 Å². The maximum atomic E-state index is 12.8. The molecule has 1 amide bonds. The molecule has 0 unspecified atom stereocenters. The van der Waals surface area contributed by atoms with Gasteiger partial charge in [0, 0.05) is 27.1 Å². The van der Waals surface area contributed by atoms with Crippen LogP contribution in [0.2, 0.25) is 0 Å². The number of carbonyl (C=O) groups is 1. The lowest BCUT2D eigenvalue weighted by molar-refractivity contribution is -0.157. The molecule has 6 heteroatoms. The molecular weight excluding hydrogens is 304 g/mol. The van der Waals surface area contributed by atoms with E-state index in [0.29, 0.717) is 6.54 Å². The Bertz CT molecular complexity index is 658. The molecule has 1 fully saturated rings. The Morgan fingerprint density at radius 2 is 2.08 bits per heavy atom. The van der Waals surface area contributed by atoms with Gasteiger partial charge in [-0.1, -0.05) is 12.1 Å². The molecule has 1 saturated heterocycles. The Balaban J connectivity index is 1.54. The van der Waals surface area contributed by atoms with E-state index in [1.807, 2.05) is 31.3 Å². The summed E-state index contributed by atoms with van der Waals surface area (Å²) in [4.78, 5) is 22.5. The van der Waals surface area contributed by atoms with E-state index in [4.69, 9.17) is 4.74 Å². The molecule has 1 aromatic heterocycles. The molecule has 0 atom stereocenters. The van der Waals surface area contributed by atoms with Gasteiger partial charge < -0.3 is 19.9 Å². The standard InChI is InChI=1S/C18H26N4O2/c1-22(17(23)18(24-2)9-11-19-12-10-18)13-5-8-16-20-14-6-3-4-7-15(14)21-16/h3-4,6-7,19H,5,8-13H2,1-2H3,(H,20,21). The summed E-state index contributed by atoms with van der Waals surface area (Å²) in [5, 5.41) is 3.28. The highest BCUT2D eigenvalue weighted by molar-refractivity contribution is 5.85. The molecule has 24 heavy (non-hydrogen) atoms. The molecule has 0 aliphatic carbocycles. The number of benzene rings is 1. The lowest BCUT2D eigenvalue weighted by Gasteiger charge is -2.37. The monoisotopic (exact) mass is 330 g/mol. The van der Waals surface area contributed by atoms with Crippen LogP contribution >= 0.6 is 0 Å². The number of hydrogen-bond donors (Lipinski definition) is 2. The second-order valence-electron chi connectivity index (χ2n) is 6.48. The van der Waals surface area contributed by atoms with E-state index in [-0.39, 0.29) is 5.91 Å². The molecule has 0 radical (unpaired) electrons. The summed E-state index contributed by atoms with van der Waals surface area (Å²) in [6.07, 6.45) is 3.17. The number of para-hydroxylation sites is 2. The van der Waals surface area contributed by atoms with E-state index in [9.17, 15) is 4.79 Å². The number of imidazole rings is 1. The number of aromatic nitrogens is 2. The third-order valence-electron chi connectivity index (χ3n) is 4.88. The molecule has 6 nitrogen and oxygen atoms in total. The first-order chi connectivity index (χ1) is 11.6. The van der Waals surface area contributed by atoms with Crippen LogP contribution in [0.5, 0.6) is 0 Å². The molecule has 2 aromatic rings. The molecule has 2 heterocycles. The third kappa shape index (κ3) is 3.44. The lowest BCUT2D eigenvalue weighted by Crippen LogP contribution is -2.54. The van der Waals surface area contributed by atoms with Crippen molar-refractivity contribution in [2.24, 2.45) is 0 Å². The number of aryl methyl sites for hydroxylation is 1. The summed E-state index contributed by atoms with van der Waals surface area (Å²) in [6.45, 7) is 2.35. The van der Waals surface area contributed by atoms with Crippen LogP contribution < -0.4 is 5.32 Å². The van der Waals surface area contributed by atoms with Gasteiger partial charge in [0.1, 0.15) is 11.4 Å². The number of piperidine rings is 1. The zero-order valence-electron chi connectivity index (χ0n) is 14.5. The van der Waals surface area contributed by atoms with Crippen molar-refractivity contribution in [2.45, 2.75) is 31.3 Å². The fourth-order valence-electron chi connectivity index (χ4n) is 3.39. The quantitative estimate of drug-likeness (QED) is 0.846. The fourth-order valence-corrected chi connectivity index (χ4v) is 3.39. The highest BCUT2D eigenvalue weighted by Gasteiger charge is 2.41. The van der Waals surface area contributed by atoms with Crippen molar-refractivity contribution in [3.8, 4) is 0 Å². The second kappa shape index (κ2) is 7.32. The van der Waals surface area contributed by atoms with E-state index >= 15 is 0 Å². The van der Waals surface area contributed by atoms with E-state index in [1.165, 1.54) is 0 Å². The number of H-pyrrole nitrogens is 1. The van der Waals surface area contributed by atoms with E-state index in [0.717, 1.165) is 55.6 Å². The van der Waals surface area contributed by atoms with Crippen LogP contribution in [0, 0.1) is 0 Å². The average molecular weight is 330 g/mol. The van der Waals surface area contributed by atoms with Gasteiger partial charge in [0.2, 0.25) is 0 Å². The maximum Gasteiger partial charge on any atom is 0.254 e. The van der Waals surface area contributed by atoms with Gasteiger partial charge in [-0.25, -0.2) is 4.98 Å². The Morgan fingerprint density at radius 3 is 2.79 bits per heavy atom. The first kappa shape index (κ1) is 16.9. The van der Waals surface area contributed by atoms with Gasteiger partial charge in [-0.2, -0.15) is 0 Å². The molecular formula is C18H26N4O2. The van der Waals surface area contributed by atoms with Crippen molar-refractivity contribution in [1.29, 1.82) is 0 Å². The number of rotatable bonds is 6. The normalized spacial score (nSPS) is 17.1. The van der Waals surface area contributed by atoms with E-state index < -0.39 is 5.60 Å². The summed E-state index contributed by atoms with van der Waals surface area (Å²) >= 11 is 0. The van der Waals surface area contributed by atoms with Crippen LogP contribution in [0.25, 0.3) is 11.0 Å². The second-order valence-corrected chi connectivity index (χ2v) is 6.48. The van der Waals surface area contributed by atoms with Crippen LogP contribution in [0.1, 0.15) is 25.1 Å². The van der Waals surface area contributed by atoms with Gasteiger partial charge in [-0.15, -0.1) is 0 Å². The molecule has 2 N–H and O–H groups in total. The maximum absolute atomic E-state index is 12.8. The van der Waals surface area contributed by atoms with Crippen molar-refractivity contribution >= 4 is 16.9 Å². The fraction of sp³-hybridized carbons (Fsp3) is 0.556. The SMILES string of the molecule is COC1(C(=O)N(C)CCCc2nc3ccccc3[nH]2)CCNCC1. The van der Waals surface area contributed by atoms with Crippen LogP contribution in [0.3, 0.4) is 0 Å². The zero-order chi connectivity index (χ0) is 17.0. The Hall–Kier alpha value is -1.92. The van der Waals surface area contributed by atoms with Crippen LogP contribution in [0.15, 0.2) is 24.3 Å². The Labute approximate surface area is 142 Å². The van der Waals surface area contributed by atoms with Crippen LogP contribution in [-0.2, 0) is 16.0 Å². The largest absolute Gasteiger partial charge is 0.368 e. The number of aromatic amines is 1. The molecule has 0 spiro atoms. The number of ether oxygens (including phenoxy) is 1. The molecule has 1 aliphatic rings. The van der Waals surface area contributed by atoms with Gasteiger partial charge >= 0.3 is 0 Å². The van der Waals surface area contributed by atoms with E-state index in [2.05, 4.69) is 15.3 Å². The van der Waals surface area contributed by atoms with Crippen molar-refractivity contribution in [3.63, 3.8) is 0 Å². The number of likely N-dealkylation sites (N-methyl/N-ethyl adjacent to an activating group) is 1.